The number of halogens is 2. The smallest absolute Gasteiger partial charge is 0.166 e. The molecule has 0 spiro atoms. The second kappa shape index (κ2) is 7.97. The first-order chi connectivity index (χ1) is 14.7. The molecule has 0 aromatic heterocycles. The van der Waals surface area contributed by atoms with Gasteiger partial charge in [-0.25, -0.2) is 8.78 Å². The summed E-state index contributed by atoms with van der Waals surface area (Å²) in [6, 6.07) is 31.9. The maximum atomic E-state index is 14.9. The van der Waals surface area contributed by atoms with Crippen LogP contribution in [-0.4, -0.2) is 0 Å². The van der Waals surface area contributed by atoms with Gasteiger partial charge in [0.05, 0.1) is 0 Å². The van der Waals surface area contributed by atoms with E-state index in [-0.39, 0.29) is 5.66 Å². The predicted molar refractivity (Wildman–Crippen MR) is 123 cm³/mol. The van der Waals surface area contributed by atoms with Gasteiger partial charge < -0.3 is 0 Å². The average molecular weight is 412 g/mol. The Kier molecular flexibility index (Phi) is 5.02. The van der Waals surface area contributed by atoms with Crippen molar-refractivity contribution in [2.24, 2.45) is 0 Å². The second-order valence-corrected chi connectivity index (χ2v) is 9.56. The highest BCUT2D eigenvalue weighted by atomic mass is 31.1. The van der Waals surface area contributed by atoms with Gasteiger partial charge in [0.2, 0.25) is 0 Å². The van der Waals surface area contributed by atoms with Crippen LogP contribution in [0.1, 0.15) is 27.9 Å². The normalized spacial score (nSPS) is 14.8. The molecule has 30 heavy (non-hydrogen) atoms. The second-order valence-electron chi connectivity index (χ2n) is 7.27. The molecule has 0 nitrogen and oxygen atoms in total. The first-order valence-corrected chi connectivity index (χ1v) is 11.3. The van der Waals surface area contributed by atoms with Gasteiger partial charge in [-0.05, 0) is 41.3 Å². The third kappa shape index (κ3) is 3.28. The molecule has 4 aromatic carbocycles. The Morgan fingerprint density at radius 3 is 1.83 bits per heavy atom. The Hall–Kier alpha value is -3.09. The van der Waals surface area contributed by atoms with Crippen LogP contribution >= 0.6 is 7.92 Å². The Morgan fingerprint density at radius 1 is 0.567 bits per heavy atom. The minimum Gasteiger partial charge on any atom is -0.204 e. The van der Waals surface area contributed by atoms with Crippen LogP contribution in [0, 0.1) is 11.6 Å². The van der Waals surface area contributed by atoms with Gasteiger partial charge in [-0.3, -0.25) is 0 Å². The number of hydrogen-bond donors (Lipinski definition) is 0. The third-order valence-electron chi connectivity index (χ3n) is 5.51. The first-order valence-electron chi connectivity index (χ1n) is 9.88. The zero-order valence-corrected chi connectivity index (χ0v) is 17.1. The van der Waals surface area contributed by atoms with Crippen molar-refractivity contribution in [3.63, 3.8) is 0 Å². The maximum Gasteiger partial charge on any atom is 0.166 e. The summed E-state index contributed by atoms with van der Waals surface area (Å²) in [4.78, 5) is 0. The number of hydrogen-bond acceptors (Lipinski definition) is 0. The topological polar surface area (TPSA) is 0 Å². The summed E-state index contributed by atoms with van der Waals surface area (Å²) in [6.45, 7) is 0. The predicted octanol–water partition coefficient (Wildman–Crippen LogP) is 6.67. The summed E-state index contributed by atoms with van der Waals surface area (Å²) >= 11 is 0. The molecule has 5 rings (SSSR count). The number of benzene rings is 4. The fraction of sp³-hybridized carbons (Fsp3) is 0.0370. The molecule has 0 amide bonds. The molecule has 0 saturated carbocycles. The van der Waals surface area contributed by atoms with E-state index in [4.69, 9.17) is 0 Å². The third-order valence-corrected chi connectivity index (χ3v) is 8.29. The Morgan fingerprint density at radius 2 is 1.17 bits per heavy atom. The van der Waals surface area contributed by atoms with Crippen molar-refractivity contribution in [2.75, 3.05) is 0 Å². The molecule has 0 fully saturated rings. The molecule has 146 valence electrons. The lowest BCUT2D eigenvalue weighted by molar-refractivity contribution is 0.505. The van der Waals surface area contributed by atoms with E-state index in [2.05, 4.69) is 30.3 Å². The van der Waals surface area contributed by atoms with Crippen molar-refractivity contribution < 1.29 is 8.78 Å². The molecule has 3 heteroatoms. The Labute approximate surface area is 176 Å². The van der Waals surface area contributed by atoms with Crippen molar-refractivity contribution in [1.82, 2.24) is 0 Å². The van der Waals surface area contributed by atoms with Crippen molar-refractivity contribution in [3.05, 3.63) is 131 Å². The summed E-state index contributed by atoms with van der Waals surface area (Å²) in [5, 5.41) is 2.41. The minimum atomic E-state index is -0.910. The first kappa shape index (κ1) is 18.9. The number of rotatable bonds is 3. The molecule has 0 N–H and O–H groups in total. The van der Waals surface area contributed by atoms with E-state index < -0.39 is 19.6 Å². The highest BCUT2D eigenvalue weighted by Gasteiger charge is 2.32. The van der Waals surface area contributed by atoms with Crippen LogP contribution in [0.15, 0.2) is 97.1 Å². The summed E-state index contributed by atoms with van der Waals surface area (Å²) in [5.74, 6) is -1.59. The lowest BCUT2D eigenvalue weighted by atomic mass is 9.99. The van der Waals surface area contributed by atoms with Crippen LogP contribution in [0.25, 0.3) is 12.2 Å². The van der Waals surface area contributed by atoms with E-state index >= 15 is 0 Å². The molecule has 1 aliphatic rings. The fourth-order valence-electron chi connectivity index (χ4n) is 4.14. The van der Waals surface area contributed by atoms with Gasteiger partial charge in [0.1, 0.15) is 0 Å². The monoisotopic (exact) mass is 412 g/mol. The van der Waals surface area contributed by atoms with Gasteiger partial charge in [0, 0.05) is 11.2 Å². The highest BCUT2D eigenvalue weighted by Crippen LogP contribution is 2.56. The van der Waals surface area contributed by atoms with Crippen LogP contribution in [0.3, 0.4) is 0 Å². The molecular formula is C27H19F2P. The largest absolute Gasteiger partial charge is 0.204 e. The standard InChI is InChI=1S/C27H19F2P/c28-25-18-17-24-23(26(25)29)16-15-19-9-7-8-14-22(19)27(24)30(20-10-3-1-4-11-20)21-12-5-2-6-13-21/h1-18,27H. The van der Waals surface area contributed by atoms with Gasteiger partial charge in [0.15, 0.2) is 11.6 Å². The van der Waals surface area contributed by atoms with Gasteiger partial charge in [-0.15, -0.1) is 0 Å². The molecule has 0 radical (unpaired) electrons. The fourth-order valence-corrected chi connectivity index (χ4v) is 7.04. The number of fused-ring (bicyclic) bond motifs is 2. The van der Waals surface area contributed by atoms with Crippen molar-refractivity contribution in [1.29, 1.82) is 0 Å². The van der Waals surface area contributed by atoms with E-state index in [1.54, 1.807) is 12.1 Å². The van der Waals surface area contributed by atoms with Gasteiger partial charge >= 0.3 is 0 Å². The molecule has 1 unspecified atom stereocenters. The molecule has 4 aromatic rings. The SMILES string of the molecule is Fc1ccc2c(c1F)C=Cc1ccccc1C2P(c1ccccc1)c1ccccc1. The van der Waals surface area contributed by atoms with E-state index in [1.165, 1.54) is 16.7 Å². The minimum absolute atomic E-state index is 0.0962. The van der Waals surface area contributed by atoms with Gasteiger partial charge in [-0.1, -0.05) is 103 Å². The molecule has 0 heterocycles. The quantitative estimate of drug-likeness (QED) is 0.330. The van der Waals surface area contributed by atoms with Crippen LogP contribution in [0.4, 0.5) is 8.78 Å². The van der Waals surface area contributed by atoms with E-state index in [1.807, 2.05) is 60.7 Å². The van der Waals surface area contributed by atoms with Crippen LogP contribution in [0.2, 0.25) is 0 Å². The molecule has 0 bridgehead atoms. The van der Waals surface area contributed by atoms with E-state index in [9.17, 15) is 8.78 Å². The van der Waals surface area contributed by atoms with Crippen molar-refractivity contribution in [2.45, 2.75) is 5.66 Å². The molecule has 0 saturated heterocycles. The maximum absolute atomic E-state index is 14.9. The van der Waals surface area contributed by atoms with Crippen LogP contribution < -0.4 is 10.6 Å². The molecular weight excluding hydrogens is 393 g/mol. The summed E-state index contributed by atoms with van der Waals surface area (Å²) in [6.07, 6.45) is 3.62. The van der Waals surface area contributed by atoms with Crippen molar-refractivity contribution >= 4 is 30.7 Å². The average Bonchev–Trinajstić information content (AvgIpc) is 2.96. The zero-order chi connectivity index (χ0) is 20.5. The molecule has 0 aliphatic heterocycles. The van der Waals surface area contributed by atoms with E-state index in [0.29, 0.717) is 5.56 Å². The summed E-state index contributed by atoms with van der Waals surface area (Å²) in [5.41, 5.74) is 3.25. The highest BCUT2D eigenvalue weighted by molar-refractivity contribution is 7.73. The summed E-state index contributed by atoms with van der Waals surface area (Å²) in [7, 11) is -0.910. The van der Waals surface area contributed by atoms with Crippen LogP contribution in [0.5, 0.6) is 0 Å². The summed E-state index contributed by atoms with van der Waals surface area (Å²) < 4.78 is 29.0. The molecule has 1 atom stereocenters. The van der Waals surface area contributed by atoms with Gasteiger partial charge in [0.25, 0.3) is 0 Å². The Balaban J connectivity index is 1.83. The molecule has 1 aliphatic carbocycles. The lowest BCUT2D eigenvalue weighted by Gasteiger charge is -2.31. The van der Waals surface area contributed by atoms with Crippen molar-refractivity contribution in [3.8, 4) is 0 Å². The lowest BCUT2D eigenvalue weighted by Crippen LogP contribution is -2.19. The zero-order valence-electron chi connectivity index (χ0n) is 16.2. The van der Waals surface area contributed by atoms with Crippen LogP contribution in [-0.2, 0) is 0 Å². The Bertz CT molecular complexity index is 1180. The van der Waals surface area contributed by atoms with E-state index in [0.717, 1.165) is 16.7 Å². The van der Waals surface area contributed by atoms with Gasteiger partial charge in [-0.2, -0.15) is 0 Å².